The maximum Gasteiger partial charge on any atom is 0.337 e. The predicted octanol–water partition coefficient (Wildman–Crippen LogP) is 2.04. The Morgan fingerprint density at radius 3 is 2.31 bits per heavy atom. The molecule has 0 saturated carbocycles. The summed E-state index contributed by atoms with van der Waals surface area (Å²) in [5.41, 5.74) is 1.17. The van der Waals surface area contributed by atoms with Crippen LogP contribution in [0.4, 0.5) is 5.69 Å². The number of methoxy groups -OCH3 is 1. The quantitative estimate of drug-likeness (QED) is 0.779. The van der Waals surface area contributed by atoms with E-state index >= 15 is 0 Å². The molecule has 1 amide bonds. The Labute approximate surface area is 152 Å². The van der Waals surface area contributed by atoms with Crippen LogP contribution in [0, 0.1) is 0 Å². The Hall–Kier alpha value is -2.71. The van der Waals surface area contributed by atoms with Crippen LogP contribution in [0.2, 0.25) is 0 Å². The van der Waals surface area contributed by atoms with Crippen molar-refractivity contribution in [2.45, 2.75) is 6.04 Å². The zero-order valence-corrected chi connectivity index (χ0v) is 15.5. The molecule has 0 aliphatic rings. The number of amides is 1. The molecule has 0 unspecified atom stereocenters. The summed E-state index contributed by atoms with van der Waals surface area (Å²) in [5, 5.41) is 2.66. The molecule has 0 spiro atoms. The maximum absolute atomic E-state index is 12.8. The average molecular weight is 376 g/mol. The molecule has 138 valence electrons. The lowest BCUT2D eigenvalue weighted by molar-refractivity contribution is -0.119. The number of nitrogens with one attached hydrogen (secondary N) is 1. The van der Waals surface area contributed by atoms with Crippen LogP contribution in [0.15, 0.2) is 54.6 Å². The summed E-state index contributed by atoms with van der Waals surface area (Å²) in [6.07, 6.45) is 1.04. The number of benzene rings is 2. The number of hydrogen-bond acceptors (Lipinski definition) is 5. The van der Waals surface area contributed by atoms with Crippen molar-refractivity contribution in [1.29, 1.82) is 0 Å². The van der Waals surface area contributed by atoms with Gasteiger partial charge in [-0.2, -0.15) is 4.31 Å². The van der Waals surface area contributed by atoms with E-state index in [1.807, 2.05) is 0 Å². The fourth-order valence-corrected chi connectivity index (χ4v) is 3.01. The summed E-state index contributed by atoms with van der Waals surface area (Å²) in [6, 6.07) is 13.8. The van der Waals surface area contributed by atoms with Crippen molar-refractivity contribution in [1.82, 2.24) is 4.31 Å². The highest BCUT2D eigenvalue weighted by Gasteiger charge is 2.30. The van der Waals surface area contributed by atoms with Gasteiger partial charge in [-0.1, -0.05) is 36.4 Å². The normalized spacial score (nSPS) is 12.5. The first kappa shape index (κ1) is 19.6. The smallest absolute Gasteiger partial charge is 0.337 e. The minimum absolute atomic E-state index is 0.276. The first-order valence-corrected chi connectivity index (χ1v) is 9.56. The molecule has 2 aromatic rings. The largest absolute Gasteiger partial charge is 0.465 e. The lowest BCUT2D eigenvalue weighted by atomic mass is 10.1. The van der Waals surface area contributed by atoms with Gasteiger partial charge in [-0.15, -0.1) is 0 Å². The zero-order valence-electron chi connectivity index (χ0n) is 14.7. The Morgan fingerprint density at radius 1 is 1.08 bits per heavy atom. The highest BCUT2D eigenvalue weighted by Crippen LogP contribution is 2.24. The molecule has 1 atom stereocenters. The minimum atomic E-state index is -3.61. The van der Waals surface area contributed by atoms with Crippen LogP contribution in [-0.2, 0) is 19.6 Å². The van der Waals surface area contributed by atoms with Crippen molar-refractivity contribution in [2.75, 3.05) is 25.7 Å². The zero-order chi connectivity index (χ0) is 19.3. The van der Waals surface area contributed by atoms with Crippen molar-refractivity contribution in [3.05, 3.63) is 65.7 Å². The van der Waals surface area contributed by atoms with E-state index in [4.69, 9.17) is 0 Å². The van der Waals surface area contributed by atoms with Gasteiger partial charge in [0.25, 0.3) is 0 Å². The summed E-state index contributed by atoms with van der Waals surface area (Å²) >= 11 is 0. The number of anilines is 1. The summed E-state index contributed by atoms with van der Waals surface area (Å²) < 4.78 is 29.6. The van der Waals surface area contributed by atoms with Gasteiger partial charge < -0.3 is 10.1 Å². The number of carbonyl (C=O) groups is 2. The number of sulfonamides is 1. The van der Waals surface area contributed by atoms with Crippen molar-refractivity contribution < 1.29 is 22.7 Å². The van der Waals surface area contributed by atoms with Crippen LogP contribution < -0.4 is 5.32 Å². The molecular formula is C18H20N2O5S. The number of carbonyl (C=O) groups excluding carboxylic acids is 2. The van der Waals surface area contributed by atoms with Gasteiger partial charge in [0.2, 0.25) is 15.9 Å². The van der Waals surface area contributed by atoms with Crippen molar-refractivity contribution in [2.24, 2.45) is 0 Å². The van der Waals surface area contributed by atoms with Gasteiger partial charge in [0.15, 0.2) is 0 Å². The van der Waals surface area contributed by atoms with Crippen LogP contribution >= 0.6 is 0 Å². The van der Waals surface area contributed by atoms with Gasteiger partial charge in [0.1, 0.15) is 6.04 Å². The van der Waals surface area contributed by atoms with E-state index in [1.54, 1.807) is 48.5 Å². The van der Waals surface area contributed by atoms with Gasteiger partial charge in [0, 0.05) is 12.7 Å². The van der Waals surface area contributed by atoms with E-state index in [2.05, 4.69) is 10.1 Å². The summed E-state index contributed by atoms with van der Waals surface area (Å²) in [7, 11) is -1.01. The van der Waals surface area contributed by atoms with Crippen LogP contribution in [0.1, 0.15) is 22.0 Å². The molecule has 0 aliphatic carbocycles. The molecule has 1 N–H and O–H groups in total. The van der Waals surface area contributed by atoms with Crippen molar-refractivity contribution >= 4 is 27.6 Å². The van der Waals surface area contributed by atoms with Crippen LogP contribution in [0.3, 0.4) is 0 Å². The summed E-state index contributed by atoms with van der Waals surface area (Å²) in [5.74, 6) is -1.07. The number of esters is 1. The fraction of sp³-hybridized carbons (Fsp3) is 0.222. The Kier molecular flexibility index (Phi) is 6.12. The number of hydrogen-bond donors (Lipinski definition) is 1. The molecule has 2 aromatic carbocycles. The molecule has 0 radical (unpaired) electrons. The molecule has 7 nitrogen and oxygen atoms in total. The Bertz CT molecular complexity index is 897. The van der Waals surface area contributed by atoms with Gasteiger partial charge in [-0.25, -0.2) is 13.2 Å². The van der Waals surface area contributed by atoms with Gasteiger partial charge in [0.05, 0.1) is 18.9 Å². The Morgan fingerprint density at radius 2 is 1.73 bits per heavy atom. The summed E-state index contributed by atoms with van der Waals surface area (Å²) in [6.45, 7) is 0. The standard InChI is InChI=1S/C18H20N2O5S/c1-20(26(3,23)24)16(13-8-5-4-6-9-13)17(21)19-15-11-7-10-14(12-15)18(22)25-2/h4-12,16H,1-3H3,(H,19,21)/t16-/m0/s1. The summed E-state index contributed by atoms with van der Waals surface area (Å²) in [4.78, 5) is 24.4. The second-order valence-electron chi connectivity index (χ2n) is 5.65. The Balaban J connectivity index is 2.35. The molecule has 0 aromatic heterocycles. The van der Waals surface area contributed by atoms with E-state index in [-0.39, 0.29) is 5.56 Å². The van der Waals surface area contributed by atoms with Crippen molar-refractivity contribution in [3.8, 4) is 0 Å². The second-order valence-corrected chi connectivity index (χ2v) is 7.70. The van der Waals surface area contributed by atoms with Crippen molar-refractivity contribution in [3.63, 3.8) is 0 Å². The highest BCUT2D eigenvalue weighted by molar-refractivity contribution is 7.88. The molecule has 8 heteroatoms. The monoisotopic (exact) mass is 376 g/mol. The topological polar surface area (TPSA) is 92.8 Å². The maximum atomic E-state index is 12.8. The third kappa shape index (κ3) is 4.68. The average Bonchev–Trinajstić information content (AvgIpc) is 2.61. The third-order valence-corrected chi connectivity index (χ3v) is 5.06. The fourth-order valence-electron chi connectivity index (χ4n) is 2.41. The number of likely N-dealkylation sites (N-methyl/N-ethyl adjacent to an activating group) is 1. The minimum Gasteiger partial charge on any atom is -0.465 e. The van der Waals surface area contributed by atoms with Gasteiger partial charge in [-0.05, 0) is 23.8 Å². The van der Waals surface area contributed by atoms with E-state index in [0.29, 0.717) is 11.3 Å². The molecular weight excluding hydrogens is 356 g/mol. The van der Waals surface area contributed by atoms with Crippen LogP contribution in [-0.4, -0.2) is 45.0 Å². The number of rotatable bonds is 6. The lowest BCUT2D eigenvalue weighted by Gasteiger charge is -2.25. The molecule has 0 saturated heterocycles. The molecule has 0 aliphatic heterocycles. The number of ether oxygens (including phenoxy) is 1. The lowest BCUT2D eigenvalue weighted by Crippen LogP contribution is -2.38. The van der Waals surface area contributed by atoms with Crippen LogP contribution in [0.5, 0.6) is 0 Å². The predicted molar refractivity (Wildman–Crippen MR) is 98.2 cm³/mol. The SMILES string of the molecule is COC(=O)c1cccc(NC(=O)[C@H](c2ccccc2)N(C)S(C)(=O)=O)c1. The van der Waals surface area contributed by atoms with E-state index in [0.717, 1.165) is 10.6 Å². The highest BCUT2D eigenvalue weighted by atomic mass is 32.2. The molecule has 26 heavy (non-hydrogen) atoms. The molecule has 0 bridgehead atoms. The second kappa shape index (κ2) is 8.11. The first-order chi connectivity index (χ1) is 12.2. The molecule has 2 rings (SSSR count). The van der Waals surface area contributed by atoms with E-state index in [9.17, 15) is 18.0 Å². The van der Waals surface area contributed by atoms with E-state index < -0.39 is 27.9 Å². The van der Waals surface area contributed by atoms with Gasteiger partial charge in [-0.3, -0.25) is 4.79 Å². The third-order valence-electron chi connectivity index (χ3n) is 3.80. The van der Waals surface area contributed by atoms with Gasteiger partial charge >= 0.3 is 5.97 Å². The first-order valence-electron chi connectivity index (χ1n) is 7.71. The molecule has 0 fully saturated rings. The molecule has 0 heterocycles. The van der Waals surface area contributed by atoms with E-state index in [1.165, 1.54) is 20.2 Å². The van der Waals surface area contributed by atoms with Crippen LogP contribution in [0.25, 0.3) is 0 Å². The number of nitrogens with zero attached hydrogens (tertiary/aromatic N) is 1.